The van der Waals surface area contributed by atoms with Crippen LogP contribution in [0.4, 0.5) is 0 Å². The predicted octanol–water partition coefficient (Wildman–Crippen LogP) is 3.85. The molecule has 1 fully saturated rings. The molecule has 84 valence electrons. The molecule has 0 radical (unpaired) electrons. The lowest BCUT2D eigenvalue weighted by molar-refractivity contribution is 0.0625. The lowest BCUT2D eigenvalue weighted by Crippen LogP contribution is -2.23. The van der Waals surface area contributed by atoms with Crippen molar-refractivity contribution in [1.29, 1.82) is 0 Å². The van der Waals surface area contributed by atoms with E-state index in [1.807, 2.05) is 0 Å². The van der Waals surface area contributed by atoms with Crippen LogP contribution >= 0.6 is 11.6 Å². The lowest BCUT2D eigenvalue weighted by atomic mass is 9.85. The summed E-state index contributed by atoms with van der Waals surface area (Å²) in [5.74, 6) is 0.854. The molecule has 1 atom stereocenters. The van der Waals surface area contributed by atoms with Crippen molar-refractivity contribution in [3.05, 3.63) is 0 Å². The highest BCUT2D eigenvalue weighted by Crippen LogP contribution is 2.31. The van der Waals surface area contributed by atoms with Gasteiger partial charge in [-0.25, -0.2) is 0 Å². The number of rotatable bonds is 3. The first-order chi connectivity index (χ1) is 6.50. The van der Waals surface area contributed by atoms with Crippen LogP contribution in [0.25, 0.3) is 0 Å². The fraction of sp³-hybridized carbons (Fsp3) is 1.00. The molecule has 1 heterocycles. The average molecular weight is 219 g/mol. The summed E-state index contributed by atoms with van der Waals surface area (Å²) in [5.41, 5.74) is 0.243. The van der Waals surface area contributed by atoms with Gasteiger partial charge in [0.1, 0.15) is 0 Å². The van der Waals surface area contributed by atoms with Gasteiger partial charge in [0.05, 0.1) is 0 Å². The van der Waals surface area contributed by atoms with E-state index < -0.39 is 0 Å². The van der Waals surface area contributed by atoms with E-state index in [1.165, 1.54) is 19.3 Å². The Hall–Kier alpha value is 0.250. The summed E-state index contributed by atoms with van der Waals surface area (Å²) >= 11 is 6.34. The Labute approximate surface area is 93.2 Å². The van der Waals surface area contributed by atoms with E-state index in [4.69, 9.17) is 16.3 Å². The Morgan fingerprint density at radius 1 is 1.29 bits per heavy atom. The fourth-order valence-electron chi connectivity index (χ4n) is 1.85. The Morgan fingerprint density at radius 3 is 2.36 bits per heavy atom. The zero-order valence-electron chi connectivity index (χ0n) is 9.68. The van der Waals surface area contributed by atoms with Gasteiger partial charge >= 0.3 is 0 Å². The van der Waals surface area contributed by atoms with Gasteiger partial charge in [-0.2, -0.15) is 0 Å². The third-order valence-electron chi connectivity index (χ3n) is 3.11. The zero-order chi connectivity index (χ0) is 10.6. The summed E-state index contributed by atoms with van der Waals surface area (Å²) in [6.07, 6.45) is 4.88. The molecule has 0 saturated carbocycles. The van der Waals surface area contributed by atoms with Crippen molar-refractivity contribution in [3.63, 3.8) is 0 Å². The van der Waals surface area contributed by atoms with Crippen molar-refractivity contribution >= 4 is 11.6 Å². The minimum Gasteiger partial charge on any atom is -0.381 e. The number of hydrogen-bond acceptors (Lipinski definition) is 1. The van der Waals surface area contributed by atoms with Crippen LogP contribution in [-0.4, -0.2) is 18.6 Å². The van der Waals surface area contributed by atoms with Crippen molar-refractivity contribution in [2.75, 3.05) is 13.2 Å². The smallest absolute Gasteiger partial charge is 0.0468 e. The summed E-state index contributed by atoms with van der Waals surface area (Å²) < 4.78 is 5.34. The molecule has 1 rings (SSSR count). The van der Waals surface area contributed by atoms with Gasteiger partial charge < -0.3 is 4.74 Å². The van der Waals surface area contributed by atoms with Crippen molar-refractivity contribution in [2.45, 2.75) is 51.8 Å². The largest absolute Gasteiger partial charge is 0.381 e. The van der Waals surface area contributed by atoms with Crippen LogP contribution in [0.1, 0.15) is 46.5 Å². The number of halogens is 1. The average Bonchev–Trinajstić information content (AvgIpc) is 2.14. The molecule has 0 aromatic rings. The molecule has 1 nitrogen and oxygen atoms in total. The second kappa shape index (κ2) is 5.37. The maximum absolute atomic E-state index is 6.34. The predicted molar refractivity (Wildman–Crippen MR) is 61.9 cm³/mol. The topological polar surface area (TPSA) is 9.23 Å². The molecule has 0 bridgehead atoms. The molecule has 1 saturated heterocycles. The normalized spacial score (nSPS) is 22.3. The van der Waals surface area contributed by atoms with Gasteiger partial charge in [-0.3, -0.25) is 0 Å². The second-order valence-electron chi connectivity index (χ2n) is 5.47. The third kappa shape index (κ3) is 4.18. The first-order valence-corrected chi connectivity index (χ1v) is 6.15. The number of ether oxygens (including phenoxy) is 1. The van der Waals surface area contributed by atoms with E-state index in [1.54, 1.807) is 0 Å². The maximum atomic E-state index is 6.34. The summed E-state index contributed by atoms with van der Waals surface area (Å²) in [6, 6.07) is 0. The Morgan fingerprint density at radius 2 is 1.86 bits per heavy atom. The summed E-state index contributed by atoms with van der Waals surface area (Å²) in [5, 5.41) is 0.311. The summed E-state index contributed by atoms with van der Waals surface area (Å²) in [6.45, 7) is 8.55. The van der Waals surface area contributed by atoms with Crippen molar-refractivity contribution in [3.8, 4) is 0 Å². The van der Waals surface area contributed by atoms with Crippen LogP contribution < -0.4 is 0 Å². The first kappa shape index (κ1) is 12.3. The standard InChI is InChI=1S/C12H23ClO/c1-12(2,3)11(13)5-4-10-6-8-14-9-7-10/h10-11H,4-9H2,1-3H3. The molecule has 2 heteroatoms. The van der Waals surface area contributed by atoms with Gasteiger partial charge in [-0.15, -0.1) is 11.6 Å². The molecular weight excluding hydrogens is 196 g/mol. The Bertz CT molecular complexity index is 156. The fourth-order valence-corrected chi connectivity index (χ4v) is 1.98. The van der Waals surface area contributed by atoms with Crippen molar-refractivity contribution in [2.24, 2.45) is 11.3 Å². The van der Waals surface area contributed by atoms with Crippen LogP contribution in [0, 0.1) is 11.3 Å². The van der Waals surface area contributed by atoms with Gasteiger partial charge in [0.15, 0.2) is 0 Å². The maximum Gasteiger partial charge on any atom is 0.0468 e. The van der Waals surface area contributed by atoms with Gasteiger partial charge in [0, 0.05) is 18.6 Å². The minimum absolute atomic E-state index is 0.243. The highest BCUT2D eigenvalue weighted by atomic mass is 35.5. The molecule has 1 aliphatic rings. The summed E-state index contributed by atoms with van der Waals surface area (Å²) in [7, 11) is 0. The van der Waals surface area contributed by atoms with Crippen LogP contribution in [0.3, 0.4) is 0 Å². The highest BCUT2D eigenvalue weighted by molar-refractivity contribution is 6.21. The zero-order valence-corrected chi connectivity index (χ0v) is 10.4. The quantitative estimate of drug-likeness (QED) is 0.654. The van der Waals surface area contributed by atoms with E-state index >= 15 is 0 Å². The molecule has 1 aliphatic heterocycles. The third-order valence-corrected chi connectivity index (χ3v) is 3.98. The molecule has 14 heavy (non-hydrogen) atoms. The first-order valence-electron chi connectivity index (χ1n) is 5.72. The molecule has 1 unspecified atom stereocenters. The Balaban J connectivity index is 2.19. The van der Waals surface area contributed by atoms with Gasteiger partial charge in [0.25, 0.3) is 0 Å². The van der Waals surface area contributed by atoms with Crippen LogP contribution in [-0.2, 0) is 4.74 Å². The molecule has 0 aromatic carbocycles. The van der Waals surface area contributed by atoms with E-state index in [9.17, 15) is 0 Å². The molecule has 0 amide bonds. The number of alkyl halides is 1. The minimum atomic E-state index is 0.243. The van der Waals surface area contributed by atoms with Gasteiger partial charge in [-0.1, -0.05) is 20.8 Å². The van der Waals surface area contributed by atoms with Gasteiger partial charge in [-0.05, 0) is 37.0 Å². The second-order valence-corrected chi connectivity index (χ2v) is 5.99. The molecule has 0 aromatic heterocycles. The molecule has 0 spiro atoms. The Kier molecular flexibility index (Phi) is 4.72. The van der Waals surface area contributed by atoms with Crippen LogP contribution in [0.5, 0.6) is 0 Å². The van der Waals surface area contributed by atoms with Crippen molar-refractivity contribution in [1.82, 2.24) is 0 Å². The van der Waals surface area contributed by atoms with E-state index in [0.29, 0.717) is 5.38 Å². The van der Waals surface area contributed by atoms with E-state index in [0.717, 1.165) is 25.6 Å². The monoisotopic (exact) mass is 218 g/mol. The molecule has 0 N–H and O–H groups in total. The van der Waals surface area contributed by atoms with Crippen LogP contribution in [0.15, 0.2) is 0 Å². The SMILES string of the molecule is CC(C)(C)C(Cl)CCC1CCOCC1. The molecular formula is C12H23ClO. The van der Waals surface area contributed by atoms with Crippen LogP contribution in [0.2, 0.25) is 0 Å². The molecule has 0 aliphatic carbocycles. The van der Waals surface area contributed by atoms with Gasteiger partial charge in [0.2, 0.25) is 0 Å². The van der Waals surface area contributed by atoms with E-state index in [2.05, 4.69) is 20.8 Å². The summed E-state index contributed by atoms with van der Waals surface area (Å²) in [4.78, 5) is 0. The van der Waals surface area contributed by atoms with E-state index in [-0.39, 0.29) is 5.41 Å². The highest BCUT2D eigenvalue weighted by Gasteiger charge is 2.23. The van der Waals surface area contributed by atoms with Crippen molar-refractivity contribution < 1.29 is 4.74 Å². The lowest BCUT2D eigenvalue weighted by Gasteiger charge is -2.28. The number of hydrogen-bond donors (Lipinski definition) is 0.